The smallest absolute Gasteiger partial charge is 0.165 e. The highest BCUT2D eigenvalue weighted by atomic mass is 16.6. The third-order valence-corrected chi connectivity index (χ3v) is 1.49. The minimum atomic E-state index is 0. The Bertz CT molecular complexity index is 318. The van der Waals surface area contributed by atoms with Gasteiger partial charge in [0.1, 0.15) is 0 Å². The molecule has 1 aromatic carbocycles. The van der Waals surface area contributed by atoms with Crippen LogP contribution in [0.5, 0.6) is 5.75 Å². The average Bonchev–Trinajstić information content (AvgIpc) is 2.28. The van der Waals surface area contributed by atoms with Gasteiger partial charge in [-0.05, 0) is 18.2 Å². The third kappa shape index (κ3) is 1.52. The van der Waals surface area contributed by atoms with Gasteiger partial charge in [0.05, 0.1) is 6.21 Å². The molecule has 0 unspecified atom stereocenters. The van der Waals surface area contributed by atoms with Gasteiger partial charge in [-0.15, -0.1) is 0 Å². The summed E-state index contributed by atoms with van der Waals surface area (Å²) < 4.78 is 0. The molecule has 0 spiro atoms. The van der Waals surface area contributed by atoms with Crippen LogP contribution < -0.4 is 4.84 Å². The summed E-state index contributed by atoms with van der Waals surface area (Å²) in [5.74, 6) is 0.803. The molecule has 2 rings (SSSR count). The van der Waals surface area contributed by atoms with E-state index >= 15 is 0 Å². The number of nitrogens with zero attached hydrogens (tertiary/aromatic N) is 1. The first kappa shape index (κ1) is 8.49. The summed E-state index contributed by atoms with van der Waals surface area (Å²) >= 11 is 0. The van der Waals surface area contributed by atoms with E-state index in [4.69, 9.17) is 4.84 Å². The van der Waals surface area contributed by atoms with Crippen molar-refractivity contribution in [3.8, 4) is 5.75 Å². The van der Waals surface area contributed by atoms with Crippen LogP contribution in [-0.2, 0) is 0 Å². The lowest BCUT2D eigenvalue weighted by atomic mass is 10.2. The van der Waals surface area contributed by atoms with Crippen LogP contribution in [0.2, 0.25) is 0 Å². The number of para-hydroxylation sites is 1. The molecule has 0 saturated carbocycles. The first-order chi connectivity index (χ1) is 5.47. The summed E-state index contributed by atoms with van der Waals surface area (Å²) in [5.41, 5.74) is 1.06. The molecule has 0 atom stereocenters. The van der Waals surface area contributed by atoms with Crippen LogP contribution in [0.25, 0.3) is 6.08 Å². The van der Waals surface area contributed by atoms with Crippen LogP contribution in [-0.4, -0.2) is 11.7 Å². The Morgan fingerprint density at radius 2 is 2.00 bits per heavy atom. The van der Waals surface area contributed by atoms with E-state index in [1.807, 2.05) is 36.4 Å². The second kappa shape index (κ2) is 3.69. The number of benzene rings is 1. The zero-order valence-electron chi connectivity index (χ0n) is 6.40. The Labute approximate surface area is 70.3 Å². The minimum Gasteiger partial charge on any atom is -0.412 e. The lowest BCUT2D eigenvalue weighted by Gasteiger charge is -1.98. The van der Waals surface area contributed by atoms with Crippen molar-refractivity contribution >= 4 is 12.3 Å². The molecule has 2 N–H and O–H groups in total. The third-order valence-electron chi connectivity index (χ3n) is 1.49. The fraction of sp³-hybridized carbons (Fsp3) is 0. The number of oxime groups is 1. The standard InChI is InChI=1S/C9H7NO.H2O/c1-2-6-9-8(4-1)5-3-7-10-11-9;/h1-7H;1H2. The molecule has 1 heterocycles. The van der Waals surface area contributed by atoms with E-state index in [0.29, 0.717) is 0 Å². The molecule has 0 aromatic heterocycles. The van der Waals surface area contributed by atoms with Gasteiger partial charge in [-0.25, -0.2) is 0 Å². The Balaban J connectivity index is 0.000000720. The van der Waals surface area contributed by atoms with Crippen LogP contribution in [0.15, 0.2) is 35.5 Å². The Morgan fingerprint density at radius 3 is 2.92 bits per heavy atom. The molecule has 62 valence electrons. The van der Waals surface area contributed by atoms with E-state index in [1.54, 1.807) is 6.21 Å². The summed E-state index contributed by atoms with van der Waals surface area (Å²) in [6.07, 6.45) is 5.44. The van der Waals surface area contributed by atoms with Crippen LogP contribution in [0.4, 0.5) is 0 Å². The van der Waals surface area contributed by atoms with Crippen molar-refractivity contribution in [2.75, 3.05) is 0 Å². The molecule has 3 heteroatoms. The van der Waals surface area contributed by atoms with Crippen molar-refractivity contribution in [3.05, 3.63) is 35.9 Å². The first-order valence-corrected chi connectivity index (χ1v) is 3.43. The van der Waals surface area contributed by atoms with Gasteiger partial charge in [-0.1, -0.05) is 23.4 Å². The Hall–Kier alpha value is -1.61. The summed E-state index contributed by atoms with van der Waals surface area (Å²) in [4.78, 5) is 5.06. The van der Waals surface area contributed by atoms with E-state index < -0.39 is 0 Å². The zero-order chi connectivity index (χ0) is 7.52. The molecular weight excluding hydrogens is 154 g/mol. The molecule has 0 saturated heterocycles. The van der Waals surface area contributed by atoms with Gasteiger partial charge in [-0.2, -0.15) is 0 Å². The lowest BCUT2D eigenvalue weighted by molar-refractivity contribution is 0.344. The molecule has 1 aromatic rings. The highest BCUT2D eigenvalue weighted by Gasteiger charge is 1.99. The number of hydrogen-bond donors (Lipinski definition) is 0. The number of allylic oxidation sites excluding steroid dienone is 1. The van der Waals surface area contributed by atoms with Crippen molar-refractivity contribution in [2.24, 2.45) is 5.16 Å². The second-order valence-electron chi connectivity index (χ2n) is 2.24. The van der Waals surface area contributed by atoms with Crippen LogP contribution in [0, 0.1) is 0 Å². The van der Waals surface area contributed by atoms with Gasteiger partial charge >= 0.3 is 0 Å². The normalized spacial score (nSPS) is 12.3. The van der Waals surface area contributed by atoms with Crippen molar-refractivity contribution in [1.82, 2.24) is 0 Å². The van der Waals surface area contributed by atoms with Crippen LogP contribution >= 0.6 is 0 Å². The predicted octanol–water partition coefficient (Wildman–Crippen LogP) is 1.25. The highest BCUT2D eigenvalue weighted by Crippen LogP contribution is 2.20. The number of hydrogen-bond acceptors (Lipinski definition) is 2. The van der Waals surface area contributed by atoms with Gasteiger partial charge in [-0.3, -0.25) is 0 Å². The molecule has 1 aliphatic heterocycles. The zero-order valence-corrected chi connectivity index (χ0v) is 6.40. The molecule has 0 fully saturated rings. The van der Waals surface area contributed by atoms with E-state index in [2.05, 4.69) is 5.16 Å². The van der Waals surface area contributed by atoms with Crippen molar-refractivity contribution in [3.63, 3.8) is 0 Å². The minimum absolute atomic E-state index is 0. The van der Waals surface area contributed by atoms with Crippen molar-refractivity contribution in [1.29, 1.82) is 0 Å². The quantitative estimate of drug-likeness (QED) is 0.567. The van der Waals surface area contributed by atoms with E-state index in [9.17, 15) is 0 Å². The summed E-state index contributed by atoms with van der Waals surface area (Å²) in [6.45, 7) is 0. The predicted molar refractivity (Wildman–Crippen MR) is 48.2 cm³/mol. The first-order valence-electron chi connectivity index (χ1n) is 3.43. The van der Waals surface area contributed by atoms with E-state index in [-0.39, 0.29) is 5.48 Å². The average molecular weight is 163 g/mol. The molecule has 0 amide bonds. The molecule has 0 bridgehead atoms. The topological polar surface area (TPSA) is 53.1 Å². The SMILES string of the molecule is C1=Cc2ccccc2ON=C1.O. The van der Waals surface area contributed by atoms with Gasteiger partial charge in [0.25, 0.3) is 0 Å². The van der Waals surface area contributed by atoms with E-state index in [0.717, 1.165) is 11.3 Å². The largest absolute Gasteiger partial charge is 0.412 e. The lowest BCUT2D eigenvalue weighted by Crippen LogP contribution is -1.82. The molecule has 12 heavy (non-hydrogen) atoms. The van der Waals surface area contributed by atoms with Crippen molar-refractivity contribution in [2.45, 2.75) is 0 Å². The number of rotatable bonds is 0. The maximum absolute atomic E-state index is 5.06. The molecule has 3 nitrogen and oxygen atoms in total. The molecule has 1 aliphatic rings. The summed E-state index contributed by atoms with van der Waals surface area (Å²) in [5, 5.41) is 3.70. The highest BCUT2D eigenvalue weighted by molar-refractivity contribution is 5.80. The van der Waals surface area contributed by atoms with E-state index in [1.165, 1.54) is 0 Å². The van der Waals surface area contributed by atoms with Crippen LogP contribution in [0.3, 0.4) is 0 Å². The van der Waals surface area contributed by atoms with Gasteiger partial charge in [0.15, 0.2) is 5.75 Å². The maximum atomic E-state index is 5.06. The van der Waals surface area contributed by atoms with Gasteiger partial charge < -0.3 is 10.3 Å². The summed E-state index contributed by atoms with van der Waals surface area (Å²) in [6, 6.07) is 7.77. The Morgan fingerprint density at radius 1 is 1.17 bits per heavy atom. The second-order valence-corrected chi connectivity index (χ2v) is 2.24. The Kier molecular flexibility index (Phi) is 2.61. The van der Waals surface area contributed by atoms with Crippen molar-refractivity contribution < 1.29 is 10.3 Å². The fourth-order valence-corrected chi connectivity index (χ4v) is 0.970. The number of fused-ring (bicyclic) bond motifs is 1. The summed E-state index contributed by atoms with van der Waals surface area (Å²) in [7, 11) is 0. The molecule has 0 radical (unpaired) electrons. The molecule has 0 aliphatic carbocycles. The molecular formula is C9H9NO2. The maximum Gasteiger partial charge on any atom is 0.165 e. The fourth-order valence-electron chi connectivity index (χ4n) is 0.970. The van der Waals surface area contributed by atoms with Gasteiger partial charge in [0.2, 0.25) is 0 Å². The monoisotopic (exact) mass is 163 g/mol. The van der Waals surface area contributed by atoms with Gasteiger partial charge in [0, 0.05) is 5.56 Å². The van der Waals surface area contributed by atoms with Crippen LogP contribution in [0.1, 0.15) is 5.56 Å².